The van der Waals surface area contributed by atoms with Crippen LogP contribution in [0.15, 0.2) is 72.8 Å². The van der Waals surface area contributed by atoms with Crippen LogP contribution in [0.5, 0.6) is 46.0 Å². The number of likely N-dealkylation sites (N-methyl/N-ethyl adjacent to an activating group) is 1. The predicted octanol–water partition coefficient (Wildman–Crippen LogP) is 9.84. The van der Waals surface area contributed by atoms with Crippen LogP contribution in [0.1, 0.15) is 75.6 Å². The first-order valence-corrected chi connectivity index (χ1v) is 22.4. The van der Waals surface area contributed by atoms with E-state index in [0.717, 1.165) is 98.8 Å². The van der Waals surface area contributed by atoms with Crippen molar-refractivity contribution in [3.63, 3.8) is 0 Å². The average Bonchev–Trinajstić information content (AvgIpc) is 3.33. The van der Waals surface area contributed by atoms with E-state index in [9.17, 15) is 10.5 Å². The summed E-state index contributed by atoms with van der Waals surface area (Å²) in [5.41, 5.74) is 3.19. The van der Waals surface area contributed by atoms with E-state index in [0.29, 0.717) is 23.0 Å². The van der Waals surface area contributed by atoms with Gasteiger partial charge in [0, 0.05) is 6.54 Å². The quantitative estimate of drug-likeness (QED) is 0.0601. The van der Waals surface area contributed by atoms with E-state index < -0.39 is 10.8 Å². The van der Waals surface area contributed by atoms with Gasteiger partial charge in [-0.15, -0.1) is 0 Å². The molecule has 0 aliphatic carbocycles. The van der Waals surface area contributed by atoms with E-state index in [4.69, 9.17) is 37.9 Å². The molecular weight excluding hydrogens is 821 g/mol. The zero-order valence-corrected chi connectivity index (χ0v) is 41.3. The van der Waals surface area contributed by atoms with Gasteiger partial charge in [-0.05, 0) is 148 Å². The summed E-state index contributed by atoms with van der Waals surface area (Å²) in [4.78, 5) is 2.31. The molecule has 0 aliphatic heterocycles. The molecule has 0 spiro atoms. The molecule has 0 saturated heterocycles. The zero-order chi connectivity index (χ0) is 48.0. The fourth-order valence-electron chi connectivity index (χ4n) is 8.24. The number of hydrogen-bond donors (Lipinski definition) is 1. The molecule has 0 radical (unpaired) electrons. The lowest BCUT2D eigenvalue weighted by Crippen LogP contribution is -2.32. The molecule has 4 aromatic rings. The molecule has 0 amide bonds. The van der Waals surface area contributed by atoms with Crippen molar-refractivity contribution in [2.45, 2.75) is 77.0 Å². The fraction of sp³-hybridized carbons (Fsp3) is 0.509. The van der Waals surface area contributed by atoms with Gasteiger partial charge in [-0.2, -0.15) is 10.5 Å². The lowest BCUT2D eigenvalue weighted by atomic mass is 9.69. The van der Waals surface area contributed by atoms with E-state index in [1.54, 1.807) is 56.9 Å². The van der Waals surface area contributed by atoms with Crippen molar-refractivity contribution in [1.29, 1.82) is 10.5 Å². The minimum Gasteiger partial charge on any atom is -0.493 e. The normalized spacial score (nSPS) is 12.8. The summed E-state index contributed by atoms with van der Waals surface area (Å²) in [6.07, 6.45) is 5.16. The van der Waals surface area contributed by atoms with Crippen LogP contribution in [0.2, 0.25) is 0 Å². The number of nitriles is 2. The van der Waals surface area contributed by atoms with Gasteiger partial charge in [0.25, 0.3) is 0 Å². The summed E-state index contributed by atoms with van der Waals surface area (Å²) in [6, 6.07) is 28.9. The molecule has 4 aromatic carbocycles. The summed E-state index contributed by atoms with van der Waals surface area (Å²) in [6.45, 7) is 12.0. The van der Waals surface area contributed by atoms with Crippen molar-refractivity contribution in [3.05, 3.63) is 95.1 Å². The van der Waals surface area contributed by atoms with Gasteiger partial charge >= 0.3 is 0 Å². The maximum Gasteiger partial charge on any atom is 0.161 e. The van der Waals surface area contributed by atoms with Crippen molar-refractivity contribution in [1.82, 2.24) is 10.2 Å². The molecule has 2 atom stereocenters. The van der Waals surface area contributed by atoms with Crippen molar-refractivity contribution in [2.75, 3.05) is 90.1 Å². The first-order chi connectivity index (χ1) is 31.3. The Morgan fingerprint density at radius 2 is 0.846 bits per heavy atom. The Balaban J connectivity index is 0.000000345. The van der Waals surface area contributed by atoms with Crippen LogP contribution in [0.25, 0.3) is 0 Å². The number of methoxy groups -OCH3 is 8. The van der Waals surface area contributed by atoms with E-state index in [-0.39, 0.29) is 11.8 Å². The second-order valence-electron chi connectivity index (χ2n) is 16.8. The van der Waals surface area contributed by atoms with Crippen molar-refractivity contribution in [2.24, 2.45) is 11.8 Å². The highest BCUT2D eigenvalue weighted by Crippen LogP contribution is 2.42. The standard InChI is InChI=1S/C27H38N2O4.C26H36N2O4/c1-20(2)27(19-28,22-10-12-24(31-5)26(18-22)33-7)14-8-15-29(3)16-13-21-9-11-23(30-4)25(17-21)32-6;1-19(2)26(18-27,21-9-11-23(30-4)25(17-21)32-6)13-7-14-28-15-12-20-8-10-22(29-3)24(16-20)31-5/h9-12,17-18,20H,8,13-16H2,1-7H3;8-11,16-17,19,28H,7,12-15H2,1-6H3. The Kier molecular flexibility index (Phi) is 22.1. The molecule has 0 bridgehead atoms. The third kappa shape index (κ3) is 14.1. The van der Waals surface area contributed by atoms with Crippen LogP contribution in [0, 0.1) is 34.5 Å². The average molecular weight is 895 g/mol. The molecule has 2 unspecified atom stereocenters. The lowest BCUT2D eigenvalue weighted by Gasteiger charge is -2.32. The van der Waals surface area contributed by atoms with Crippen molar-refractivity contribution in [3.8, 4) is 58.1 Å². The summed E-state index contributed by atoms with van der Waals surface area (Å²) in [7, 11) is 15.2. The Hall–Kier alpha value is -5.82. The summed E-state index contributed by atoms with van der Waals surface area (Å²) in [5, 5.41) is 23.9. The van der Waals surface area contributed by atoms with Gasteiger partial charge in [0.05, 0.1) is 79.8 Å². The molecule has 0 heterocycles. The van der Waals surface area contributed by atoms with E-state index in [2.05, 4.69) is 69.2 Å². The fourth-order valence-corrected chi connectivity index (χ4v) is 8.24. The summed E-state index contributed by atoms with van der Waals surface area (Å²) < 4.78 is 43.1. The van der Waals surface area contributed by atoms with Crippen LogP contribution in [0.4, 0.5) is 0 Å². The van der Waals surface area contributed by atoms with Gasteiger partial charge in [-0.25, -0.2) is 0 Å². The zero-order valence-electron chi connectivity index (χ0n) is 41.3. The number of benzene rings is 4. The third-order valence-corrected chi connectivity index (χ3v) is 12.5. The van der Waals surface area contributed by atoms with Gasteiger partial charge in [-0.1, -0.05) is 52.0 Å². The number of ether oxygens (including phenoxy) is 8. The van der Waals surface area contributed by atoms with Crippen LogP contribution in [-0.4, -0.2) is 95.0 Å². The van der Waals surface area contributed by atoms with Gasteiger partial charge in [0.15, 0.2) is 46.0 Å². The highest BCUT2D eigenvalue weighted by molar-refractivity contribution is 5.49. The first-order valence-electron chi connectivity index (χ1n) is 22.4. The molecule has 4 rings (SSSR count). The molecular formula is C53H74N4O8. The summed E-state index contributed by atoms with van der Waals surface area (Å²) in [5.74, 6) is 5.96. The van der Waals surface area contributed by atoms with Crippen LogP contribution < -0.4 is 43.2 Å². The molecule has 0 aromatic heterocycles. The minimum absolute atomic E-state index is 0.164. The highest BCUT2D eigenvalue weighted by Gasteiger charge is 2.37. The molecule has 12 nitrogen and oxygen atoms in total. The van der Waals surface area contributed by atoms with Gasteiger partial charge in [0.1, 0.15) is 0 Å². The van der Waals surface area contributed by atoms with Crippen LogP contribution in [-0.2, 0) is 23.7 Å². The largest absolute Gasteiger partial charge is 0.493 e. The van der Waals surface area contributed by atoms with Crippen LogP contribution in [0.3, 0.4) is 0 Å². The lowest BCUT2D eigenvalue weighted by molar-refractivity contribution is 0.292. The molecule has 0 aliphatic rings. The van der Waals surface area contributed by atoms with E-state index in [1.165, 1.54) is 11.1 Å². The first kappa shape index (κ1) is 53.5. The molecule has 0 saturated carbocycles. The third-order valence-electron chi connectivity index (χ3n) is 12.5. The van der Waals surface area contributed by atoms with Gasteiger partial charge < -0.3 is 48.1 Å². The molecule has 12 heteroatoms. The number of nitrogens with one attached hydrogen (secondary N) is 1. The topological polar surface area (TPSA) is 137 Å². The maximum absolute atomic E-state index is 10.2. The van der Waals surface area contributed by atoms with Crippen molar-refractivity contribution >= 4 is 0 Å². The molecule has 0 fully saturated rings. The molecule has 65 heavy (non-hydrogen) atoms. The second-order valence-corrected chi connectivity index (χ2v) is 16.8. The highest BCUT2D eigenvalue weighted by atomic mass is 16.5. The van der Waals surface area contributed by atoms with Gasteiger partial charge in [0.2, 0.25) is 0 Å². The SMILES string of the molecule is COc1ccc(CCN(C)CCCC(C#N)(c2ccc(OC)c(OC)c2)C(C)C)cc1OC.COc1ccc(CCNCCCC(C#N)(c2ccc(OC)c(OC)c2)C(C)C)cc1OC. The Morgan fingerprint density at radius 3 is 1.23 bits per heavy atom. The second kappa shape index (κ2) is 26.8. The Bertz CT molecular complexity index is 2150. The molecule has 354 valence electrons. The smallest absolute Gasteiger partial charge is 0.161 e. The van der Waals surface area contributed by atoms with Crippen LogP contribution >= 0.6 is 0 Å². The number of rotatable bonds is 26. The van der Waals surface area contributed by atoms with E-state index in [1.807, 2.05) is 60.7 Å². The summed E-state index contributed by atoms with van der Waals surface area (Å²) >= 11 is 0. The van der Waals surface area contributed by atoms with E-state index >= 15 is 0 Å². The predicted molar refractivity (Wildman–Crippen MR) is 259 cm³/mol. The monoisotopic (exact) mass is 895 g/mol. The number of nitrogens with zero attached hydrogens (tertiary/aromatic N) is 3. The molecule has 1 N–H and O–H groups in total. The van der Waals surface area contributed by atoms with Crippen molar-refractivity contribution < 1.29 is 37.9 Å². The van der Waals surface area contributed by atoms with Gasteiger partial charge in [-0.3, -0.25) is 0 Å². The Morgan fingerprint density at radius 1 is 0.477 bits per heavy atom. The number of hydrogen-bond acceptors (Lipinski definition) is 12. The maximum atomic E-state index is 10.2. The Labute approximate surface area is 389 Å². The minimum atomic E-state index is -0.580.